The standard InChI is InChI=1S/C27H23BrClN5O2S/c28-23-17-30-34-26(16-25(32-27(23)34)22-7-3-4-8-24(22)29)31-20-11-13-33(14-12-20)37(35,36)21-10-9-18-5-1-2-6-19(18)15-21/h1-10,15-17,20,31H,11-14H2. The molecule has 0 unspecified atom stereocenters. The minimum absolute atomic E-state index is 0.0794. The lowest BCUT2D eigenvalue weighted by Crippen LogP contribution is -2.42. The lowest BCUT2D eigenvalue weighted by molar-refractivity contribution is 0.329. The topological polar surface area (TPSA) is 79.6 Å². The molecule has 1 aliphatic rings. The number of hydrogen-bond acceptors (Lipinski definition) is 5. The second-order valence-corrected chi connectivity index (χ2v) is 12.3. The molecule has 1 N–H and O–H groups in total. The van der Waals surface area contributed by atoms with E-state index in [0.717, 1.165) is 32.3 Å². The summed E-state index contributed by atoms with van der Waals surface area (Å²) in [6, 6.07) is 22.7. The van der Waals surface area contributed by atoms with Crippen LogP contribution in [0.2, 0.25) is 5.02 Å². The Hall–Kier alpha value is -2.98. The summed E-state index contributed by atoms with van der Waals surface area (Å²) < 4.78 is 30.9. The molecule has 0 radical (unpaired) electrons. The molecule has 7 nitrogen and oxygen atoms in total. The number of hydrogen-bond donors (Lipinski definition) is 1. The number of nitrogens with one attached hydrogen (secondary N) is 1. The third-order valence-corrected chi connectivity index (χ3v) is 9.53. The molecule has 0 aliphatic carbocycles. The van der Waals surface area contributed by atoms with E-state index in [2.05, 4.69) is 26.3 Å². The fourth-order valence-electron chi connectivity index (χ4n) is 4.77. The van der Waals surface area contributed by atoms with Gasteiger partial charge in [-0.25, -0.2) is 13.4 Å². The first-order valence-electron chi connectivity index (χ1n) is 11.9. The van der Waals surface area contributed by atoms with Crippen LogP contribution in [-0.2, 0) is 10.0 Å². The summed E-state index contributed by atoms with van der Waals surface area (Å²) in [5.41, 5.74) is 2.24. The van der Waals surface area contributed by atoms with Crippen LogP contribution < -0.4 is 5.32 Å². The highest BCUT2D eigenvalue weighted by molar-refractivity contribution is 9.10. The van der Waals surface area contributed by atoms with Gasteiger partial charge in [0.25, 0.3) is 0 Å². The predicted octanol–water partition coefficient (Wildman–Crippen LogP) is 6.23. The number of aromatic nitrogens is 3. The van der Waals surface area contributed by atoms with Crippen LogP contribution in [0, 0.1) is 0 Å². The monoisotopic (exact) mass is 595 g/mol. The van der Waals surface area contributed by atoms with Crippen molar-refractivity contribution in [1.29, 1.82) is 0 Å². The average Bonchev–Trinajstić information content (AvgIpc) is 3.29. The number of halogens is 2. The number of piperidine rings is 1. The Bertz CT molecular complexity index is 1730. The Morgan fingerprint density at radius 3 is 2.46 bits per heavy atom. The number of fused-ring (bicyclic) bond motifs is 2. The molecular weight excluding hydrogens is 574 g/mol. The first-order chi connectivity index (χ1) is 17.9. The van der Waals surface area contributed by atoms with Crippen molar-refractivity contribution >= 4 is 59.8 Å². The quantitative estimate of drug-likeness (QED) is 0.260. The Morgan fingerprint density at radius 2 is 1.68 bits per heavy atom. The summed E-state index contributed by atoms with van der Waals surface area (Å²) in [6.45, 7) is 0.864. The molecule has 1 fully saturated rings. The summed E-state index contributed by atoms with van der Waals surface area (Å²) in [5.74, 6) is 0.779. The summed E-state index contributed by atoms with van der Waals surface area (Å²) in [5, 5.41) is 10.6. The van der Waals surface area contributed by atoms with Crippen molar-refractivity contribution in [2.24, 2.45) is 0 Å². The molecule has 0 amide bonds. The molecule has 10 heteroatoms. The Balaban J connectivity index is 1.23. The van der Waals surface area contributed by atoms with E-state index < -0.39 is 10.0 Å². The number of rotatable bonds is 5. The number of anilines is 1. The van der Waals surface area contributed by atoms with Gasteiger partial charge in [-0.15, -0.1) is 0 Å². The number of sulfonamides is 1. The number of benzene rings is 3. The molecule has 188 valence electrons. The zero-order valence-corrected chi connectivity index (χ0v) is 22.8. The third-order valence-electron chi connectivity index (χ3n) is 6.74. The molecule has 1 saturated heterocycles. The van der Waals surface area contributed by atoms with Crippen molar-refractivity contribution in [3.05, 3.63) is 88.5 Å². The van der Waals surface area contributed by atoms with E-state index in [4.69, 9.17) is 16.6 Å². The van der Waals surface area contributed by atoms with E-state index in [0.29, 0.717) is 41.5 Å². The SMILES string of the molecule is O=S(=O)(c1ccc2ccccc2c1)N1CCC(Nc2cc(-c3ccccc3Cl)nc3c(Br)cnn23)CC1. The zero-order valence-electron chi connectivity index (χ0n) is 19.7. The second-order valence-electron chi connectivity index (χ2n) is 9.07. The van der Waals surface area contributed by atoms with Gasteiger partial charge in [0.05, 0.1) is 21.3 Å². The molecule has 2 aromatic heterocycles. The molecule has 1 aliphatic heterocycles. The summed E-state index contributed by atoms with van der Waals surface area (Å²) in [7, 11) is -3.57. The van der Waals surface area contributed by atoms with Crippen LogP contribution in [0.15, 0.2) is 88.4 Å². The molecule has 0 saturated carbocycles. The summed E-state index contributed by atoms with van der Waals surface area (Å²) >= 11 is 9.99. The highest BCUT2D eigenvalue weighted by atomic mass is 79.9. The van der Waals surface area contributed by atoms with Crippen LogP contribution in [0.3, 0.4) is 0 Å². The van der Waals surface area contributed by atoms with E-state index in [1.54, 1.807) is 27.2 Å². The minimum atomic E-state index is -3.57. The van der Waals surface area contributed by atoms with Crippen molar-refractivity contribution in [2.45, 2.75) is 23.8 Å². The van der Waals surface area contributed by atoms with Gasteiger partial charge in [0.1, 0.15) is 5.82 Å². The van der Waals surface area contributed by atoms with Crippen molar-refractivity contribution in [3.63, 3.8) is 0 Å². The Kier molecular flexibility index (Phi) is 6.40. The highest BCUT2D eigenvalue weighted by Gasteiger charge is 2.30. The van der Waals surface area contributed by atoms with Crippen molar-refractivity contribution in [2.75, 3.05) is 18.4 Å². The predicted molar refractivity (Wildman–Crippen MR) is 150 cm³/mol. The maximum atomic E-state index is 13.4. The van der Waals surface area contributed by atoms with E-state index in [1.165, 1.54) is 0 Å². The average molecular weight is 597 g/mol. The zero-order chi connectivity index (χ0) is 25.6. The molecular formula is C27H23BrClN5O2S. The normalized spacial score (nSPS) is 15.4. The summed E-state index contributed by atoms with van der Waals surface area (Å²) in [6.07, 6.45) is 3.05. The van der Waals surface area contributed by atoms with Gasteiger partial charge in [-0.3, -0.25) is 0 Å². The molecule has 0 spiro atoms. The van der Waals surface area contributed by atoms with Crippen LogP contribution in [-0.4, -0.2) is 46.5 Å². The van der Waals surface area contributed by atoms with Crippen molar-refractivity contribution in [3.8, 4) is 11.3 Å². The molecule has 5 aromatic rings. The van der Waals surface area contributed by atoms with Crippen LogP contribution in [0.4, 0.5) is 5.82 Å². The van der Waals surface area contributed by atoms with Gasteiger partial charge >= 0.3 is 0 Å². The van der Waals surface area contributed by atoms with Gasteiger partial charge in [-0.1, -0.05) is 60.1 Å². The second kappa shape index (κ2) is 9.72. The number of nitrogens with zero attached hydrogens (tertiary/aromatic N) is 4. The van der Waals surface area contributed by atoms with Gasteiger partial charge in [0.2, 0.25) is 10.0 Å². The van der Waals surface area contributed by atoms with Gasteiger partial charge in [0.15, 0.2) is 5.65 Å². The lowest BCUT2D eigenvalue weighted by atomic mass is 10.1. The minimum Gasteiger partial charge on any atom is -0.367 e. The molecule has 37 heavy (non-hydrogen) atoms. The molecule has 3 heterocycles. The molecule has 0 bridgehead atoms. The summed E-state index contributed by atoms with van der Waals surface area (Å²) in [4.78, 5) is 5.09. The van der Waals surface area contributed by atoms with Crippen LogP contribution in [0.1, 0.15) is 12.8 Å². The molecule has 3 aromatic carbocycles. The van der Waals surface area contributed by atoms with Crippen molar-refractivity contribution in [1.82, 2.24) is 18.9 Å². The van der Waals surface area contributed by atoms with E-state index in [-0.39, 0.29) is 6.04 Å². The molecule has 0 atom stereocenters. The van der Waals surface area contributed by atoms with E-state index in [1.807, 2.05) is 60.7 Å². The lowest BCUT2D eigenvalue weighted by Gasteiger charge is -2.32. The van der Waals surface area contributed by atoms with Gasteiger partial charge in [0, 0.05) is 35.8 Å². The maximum absolute atomic E-state index is 13.4. The Labute approximate surface area is 228 Å². The smallest absolute Gasteiger partial charge is 0.243 e. The van der Waals surface area contributed by atoms with Gasteiger partial charge in [-0.2, -0.15) is 13.9 Å². The van der Waals surface area contributed by atoms with Crippen LogP contribution in [0.5, 0.6) is 0 Å². The van der Waals surface area contributed by atoms with Crippen LogP contribution in [0.25, 0.3) is 27.7 Å². The maximum Gasteiger partial charge on any atom is 0.243 e. The highest BCUT2D eigenvalue weighted by Crippen LogP contribution is 2.31. The fourth-order valence-corrected chi connectivity index (χ4v) is 6.86. The fraction of sp³-hybridized carbons (Fsp3) is 0.185. The first kappa shape index (κ1) is 24.4. The largest absolute Gasteiger partial charge is 0.367 e. The Morgan fingerprint density at radius 1 is 0.946 bits per heavy atom. The van der Waals surface area contributed by atoms with E-state index in [9.17, 15) is 8.42 Å². The van der Waals surface area contributed by atoms with Gasteiger partial charge < -0.3 is 5.32 Å². The van der Waals surface area contributed by atoms with Crippen LogP contribution >= 0.6 is 27.5 Å². The van der Waals surface area contributed by atoms with Crippen molar-refractivity contribution < 1.29 is 8.42 Å². The van der Waals surface area contributed by atoms with Gasteiger partial charge in [-0.05, 0) is 57.7 Å². The molecule has 6 rings (SSSR count). The third kappa shape index (κ3) is 4.61. The first-order valence-corrected chi connectivity index (χ1v) is 14.6. The van der Waals surface area contributed by atoms with E-state index >= 15 is 0 Å².